The van der Waals surface area contributed by atoms with Crippen LogP contribution in [0.1, 0.15) is 61.9 Å². The van der Waals surface area contributed by atoms with E-state index in [9.17, 15) is 14.4 Å². The summed E-state index contributed by atoms with van der Waals surface area (Å²) >= 11 is 0. The Labute approximate surface area is 152 Å². The standard InChI is InChI=1S/C19H26N4O3/c24-16-12-20-15(11-21-16)17(25)22-10-8-19(13-22)7-4-9-23(18(19)26)14-5-2-1-3-6-14/h11-12,14H,1-10,13H2,(H,21,24)/t19-/m1/s1. The zero-order chi connectivity index (χ0) is 18.1. The highest BCUT2D eigenvalue weighted by Gasteiger charge is 2.50. The lowest BCUT2D eigenvalue weighted by atomic mass is 9.77. The first-order valence-corrected chi connectivity index (χ1v) is 9.74. The molecule has 1 spiro atoms. The molecule has 2 aliphatic heterocycles. The molecule has 3 fully saturated rings. The number of H-pyrrole nitrogens is 1. The first-order valence-electron chi connectivity index (χ1n) is 9.74. The van der Waals surface area contributed by atoms with E-state index in [4.69, 9.17) is 0 Å². The highest BCUT2D eigenvalue weighted by Crippen LogP contribution is 2.42. The van der Waals surface area contributed by atoms with Crippen LogP contribution in [0.25, 0.3) is 0 Å². The number of carbonyl (C=O) groups is 2. The van der Waals surface area contributed by atoms with Gasteiger partial charge in [0.15, 0.2) is 0 Å². The molecular weight excluding hydrogens is 332 g/mol. The summed E-state index contributed by atoms with van der Waals surface area (Å²) in [7, 11) is 0. The predicted octanol–water partition coefficient (Wildman–Crippen LogP) is 1.56. The number of hydrogen-bond donors (Lipinski definition) is 1. The predicted molar refractivity (Wildman–Crippen MR) is 95.6 cm³/mol. The van der Waals surface area contributed by atoms with Gasteiger partial charge < -0.3 is 14.8 Å². The molecule has 1 atom stereocenters. The molecule has 1 aliphatic carbocycles. The van der Waals surface area contributed by atoms with Crippen LogP contribution in [0.5, 0.6) is 0 Å². The third kappa shape index (κ3) is 3.04. The van der Waals surface area contributed by atoms with E-state index < -0.39 is 5.41 Å². The van der Waals surface area contributed by atoms with Crippen molar-refractivity contribution >= 4 is 11.8 Å². The molecule has 1 saturated carbocycles. The summed E-state index contributed by atoms with van der Waals surface area (Å²) in [6.07, 6.45) is 11.0. The van der Waals surface area contributed by atoms with Crippen LogP contribution in [0.15, 0.2) is 17.2 Å². The Hall–Kier alpha value is -2.18. The van der Waals surface area contributed by atoms with Crippen LogP contribution in [0.4, 0.5) is 0 Å². The second-order valence-electron chi connectivity index (χ2n) is 7.95. The van der Waals surface area contributed by atoms with Crippen LogP contribution >= 0.6 is 0 Å². The summed E-state index contributed by atoms with van der Waals surface area (Å²) in [5.41, 5.74) is -0.521. The van der Waals surface area contributed by atoms with Crippen LogP contribution in [-0.2, 0) is 4.79 Å². The number of likely N-dealkylation sites (tertiary alicyclic amines) is 2. The molecule has 2 amide bonds. The molecule has 3 aliphatic rings. The quantitative estimate of drug-likeness (QED) is 0.869. The zero-order valence-corrected chi connectivity index (χ0v) is 15.1. The van der Waals surface area contributed by atoms with E-state index in [1.54, 1.807) is 4.90 Å². The lowest BCUT2D eigenvalue weighted by Crippen LogP contribution is -2.54. The number of nitrogens with one attached hydrogen (secondary N) is 1. The SMILES string of the molecule is O=C(c1c[nH]c(=O)cn1)N1CC[C@]2(CCCN(C3CCCCC3)C2=O)C1. The van der Waals surface area contributed by atoms with Gasteiger partial charge in [0.05, 0.1) is 11.6 Å². The van der Waals surface area contributed by atoms with Gasteiger partial charge in [-0.3, -0.25) is 14.4 Å². The summed E-state index contributed by atoms with van der Waals surface area (Å²) in [5.74, 6) is 0.0427. The third-order valence-corrected chi connectivity index (χ3v) is 6.32. The first kappa shape index (κ1) is 17.2. The maximum absolute atomic E-state index is 13.3. The second kappa shape index (κ2) is 6.85. The highest BCUT2D eigenvalue weighted by molar-refractivity contribution is 5.93. The van der Waals surface area contributed by atoms with Gasteiger partial charge >= 0.3 is 0 Å². The number of piperidine rings is 1. The van der Waals surface area contributed by atoms with Crippen LogP contribution < -0.4 is 5.56 Å². The number of aromatic amines is 1. The van der Waals surface area contributed by atoms with Gasteiger partial charge in [-0.1, -0.05) is 19.3 Å². The van der Waals surface area contributed by atoms with Crippen molar-refractivity contribution in [2.75, 3.05) is 19.6 Å². The van der Waals surface area contributed by atoms with Crippen molar-refractivity contribution in [1.82, 2.24) is 19.8 Å². The van der Waals surface area contributed by atoms with Crippen molar-refractivity contribution < 1.29 is 9.59 Å². The van der Waals surface area contributed by atoms with Gasteiger partial charge in [0.1, 0.15) is 5.69 Å². The largest absolute Gasteiger partial charge is 0.339 e. The van der Waals surface area contributed by atoms with Crippen molar-refractivity contribution in [3.63, 3.8) is 0 Å². The Balaban J connectivity index is 1.48. The number of carbonyl (C=O) groups excluding carboxylic acids is 2. The fraction of sp³-hybridized carbons (Fsp3) is 0.684. The van der Waals surface area contributed by atoms with Gasteiger partial charge in [0.2, 0.25) is 5.91 Å². The Bertz CT molecular complexity index is 735. The third-order valence-electron chi connectivity index (χ3n) is 6.32. The van der Waals surface area contributed by atoms with Crippen molar-refractivity contribution in [3.8, 4) is 0 Å². The molecule has 7 heteroatoms. The summed E-state index contributed by atoms with van der Waals surface area (Å²) in [5, 5.41) is 0. The van der Waals surface area contributed by atoms with Gasteiger partial charge in [-0.25, -0.2) is 4.98 Å². The molecule has 26 heavy (non-hydrogen) atoms. The van der Waals surface area contributed by atoms with Crippen LogP contribution in [-0.4, -0.2) is 57.3 Å². The topological polar surface area (TPSA) is 86.4 Å². The fourth-order valence-electron chi connectivity index (χ4n) is 4.89. The first-order chi connectivity index (χ1) is 12.6. The van der Waals surface area contributed by atoms with Crippen LogP contribution in [0, 0.1) is 5.41 Å². The molecule has 1 N–H and O–H groups in total. The van der Waals surface area contributed by atoms with Crippen LogP contribution in [0.3, 0.4) is 0 Å². The molecule has 0 radical (unpaired) electrons. The molecule has 1 aromatic rings. The lowest BCUT2D eigenvalue weighted by molar-refractivity contribution is -0.149. The van der Waals surface area contributed by atoms with E-state index in [0.717, 1.165) is 44.8 Å². The summed E-state index contributed by atoms with van der Waals surface area (Å²) in [6.45, 7) is 1.90. The monoisotopic (exact) mass is 358 g/mol. The average Bonchev–Trinajstić information content (AvgIpc) is 3.10. The van der Waals surface area contributed by atoms with E-state index >= 15 is 0 Å². The fourth-order valence-corrected chi connectivity index (χ4v) is 4.89. The molecule has 4 rings (SSSR count). The van der Waals surface area contributed by atoms with Gasteiger partial charge in [-0.15, -0.1) is 0 Å². The maximum Gasteiger partial charge on any atom is 0.273 e. The van der Waals surface area contributed by atoms with E-state index in [0.29, 0.717) is 19.1 Å². The average molecular weight is 358 g/mol. The highest BCUT2D eigenvalue weighted by atomic mass is 16.2. The van der Waals surface area contributed by atoms with E-state index in [1.165, 1.54) is 25.5 Å². The van der Waals surface area contributed by atoms with Crippen molar-refractivity contribution in [2.24, 2.45) is 5.41 Å². The summed E-state index contributed by atoms with van der Waals surface area (Å²) < 4.78 is 0. The van der Waals surface area contributed by atoms with Gasteiger partial charge in [-0.2, -0.15) is 0 Å². The maximum atomic E-state index is 13.3. The number of amides is 2. The van der Waals surface area contributed by atoms with Crippen molar-refractivity contribution in [2.45, 2.75) is 57.4 Å². The smallest absolute Gasteiger partial charge is 0.273 e. The van der Waals surface area contributed by atoms with Crippen molar-refractivity contribution in [1.29, 1.82) is 0 Å². The number of nitrogens with zero attached hydrogens (tertiary/aromatic N) is 3. The number of aromatic nitrogens is 2. The molecule has 7 nitrogen and oxygen atoms in total. The van der Waals surface area contributed by atoms with Crippen LogP contribution in [0.2, 0.25) is 0 Å². The molecule has 140 valence electrons. The minimum atomic E-state index is -0.423. The summed E-state index contributed by atoms with van der Waals surface area (Å²) in [4.78, 5) is 47.4. The number of rotatable bonds is 2. The lowest BCUT2D eigenvalue weighted by Gasteiger charge is -2.44. The molecular formula is C19H26N4O3. The minimum absolute atomic E-state index is 0.208. The van der Waals surface area contributed by atoms with Gasteiger partial charge in [-0.05, 0) is 32.1 Å². The van der Waals surface area contributed by atoms with Crippen molar-refractivity contribution in [3.05, 3.63) is 28.4 Å². The molecule has 3 heterocycles. The molecule has 0 unspecified atom stereocenters. The normalized spacial score (nSPS) is 27.3. The molecule has 2 saturated heterocycles. The Morgan fingerprint density at radius 2 is 1.92 bits per heavy atom. The van der Waals surface area contributed by atoms with E-state index in [1.807, 2.05) is 0 Å². The minimum Gasteiger partial charge on any atom is -0.339 e. The second-order valence-corrected chi connectivity index (χ2v) is 7.95. The van der Waals surface area contributed by atoms with E-state index in [2.05, 4.69) is 14.9 Å². The zero-order valence-electron chi connectivity index (χ0n) is 15.1. The van der Waals surface area contributed by atoms with E-state index in [-0.39, 0.29) is 23.1 Å². The molecule has 1 aromatic heterocycles. The Morgan fingerprint density at radius 1 is 1.12 bits per heavy atom. The Morgan fingerprint density at radius 3 is 2.65 bits per heavy atom. The molecule has 0 bridgehead atoms. The summed E-state index contributed by atoms with van der Waals surface area (Å²) in [6, 6.07) is 0.388. The van der Waals surface area contributed by atoms with Gasteiger partial charge in [0.25, 0.3) is 11.5 Å². The van der Waals surface area contributed by atoms with Gasteiger partial charge in [0, 0.05) is 31.9 Å². The molecule has 0 aromatic carbocycles. The number of hydrogen-bond acceptors (Lipinski definition) is 4. The Kier molecular flexibility index (Phi) is 4.54.